The molecule has 23 heavy (non-hydrogen) atoms. The minimum absolute atomic E-state index is 0.325. The maximum atomic E-state index is 10.0. The Labute approximate surface area is 140 Å². The normalized spacial score (nSPS) is 18.4. The van der Waals surface area contributed by atoms with Crippen molar-refractivity contribution in [2.24, 2.45) is 5.73 Å². The first kappa shape index (κ1) is 16.4. The molecule has 7 heteroatoms. The van der Waals surface area contributed by atoms with Gasteiger partial charge in [0.1, 0.15) is 16.5 Å². The summed E-state index contributed by atoms with van der Waals surface area (Å²) in [6.07, 6.45) is 3.95. The third-order valence-electron chi connectivity index (χ3n) is 4.23. The summed E-state index contributed by atoms with van der Waals surface area (Å²) in [5.41, 5.74) is 6.65. The van der Waals surface area contributed by atoms with Crippen LogP contribution in [0.3, 0.4) is 0 Å². The average molecular weight is 336 g/mol. The Bertz CT molecular complexity index is 707. The number of fused-ring (bicyclic) bond motifs is 1. The lowest BCUT2D eigenvalue weighted by Crippen LogP contribution is -2.53. The fourth-order valence-electron chi connectivity index (χ4n) is 3.24. The van der Waals surface area contributed by atoms with E-state index in [4.69, 9.17) is 17.3 Å². The van der Waals surface area contributed by atoms with Gasteiger partial charge in [-0.2, -0.15) is 0 Å². The predicted octanol–water partition coefficient (Wildman–Crippen LogP) is 2.14. The number of aliphatic hydroxyl groups is 1. The van der Waals surface area contributed by atoms with Crippen molar-refractivity contribution in [2.75, 3.05) is 18.0 Å². The SMILES string of the molecule is CC(C)(O)CC1(N)CCN(c2cnc3nc(Cl)ccc3n2)CC1. The maximum Gasteiger partial charge on any atom is 0.179 e. The summed E-state index contributed by atoms with van der Waals surface area (Å²) < 4.78 is 0. The monoisotopic (exact) mass is 335 g/mol. The third kappa shape index (κ3) is 3.88. The van der Waals surface area contributed by atoms with Crippen LogP contribution in [0.15, 0.2) is 18.3 Å². The Balaban J connectivity index is 1.73. The zero-order valence-corrected chi connectivity index (χ0v) is 14.2. The minimum Gasteiger partial charge on any atom is -0.390 e. The number of pyridine rings is 1. The summed E-state index contributed by atoms with van der Waals surface area (Å²) in [4.78, 5) is 15.3. The van der Waals surface area contributed by atoms with Crippen molar-refractivity contribution in [1.29, 1.82) is 0 Å². The van der Waals surface area contributed by atoms with Crippen molar-refractivity contribution in [2.45, 2.75) is 44.2 Å². The fraction of sp³-hybridized carbons (Fsp3) is 0.562. The van der Waals surface area contributed by atoms with Gasteiger partial charge in [0, 0.05) is 18.6 Å². The lowest BCUT2D eigenvalue weighted by molar-refractivity contribution is 0.0395. The van der Waals surface area contributed by atoms with Gasteiger partial charge in [-0.15, -0.1) is 0 Å². The highest BCUT2D eigenvalue weighted by Crippen LogP contribution is 2.30. The molecule has 3 N–H and O–H groups in total. The molecule has 0 saturated carbocycles. The molecule has 1 aliphatic rings. The molecular formula is C16H22ClN5O. The Morgan fingerprint density at radius 3 is 2.65 bits per heavy atom. The fourth-order valence-corrected chi connectivity index (χ4v) is 3.39. The Morgan fingerprint density at radius 2 is 2.00 bits per heavy atom. The molecule has 0 spiro atoms. The summed E-state index contributed by atoms with van der Waals surface area (Å²) >= 11 is 5.87. The molecule has 0 aliphatic carbocycles. The second-order valence-corrected chi connectivity index (χ2v) is 7.43. The number of hydrogen-bond acceptors (Lipinski definition) is 6. The van der Waals surface area contributed by atoms with Gasteiger partial charge in [0.25, 0.3) is 0 Å². The lowest BCUT2D eigenvalue weighted by atomic mass is 9.80. The number of anilines is 1. The number of halogens is 1. The van der Waals surface area contributed by atoms with Crippen LogP contribution in [0.2, 0.25) is 5.15 Å². The molecule has 1 saturated heterocycles. The molecule has 3 rings (SSSR count). The first-order chi connectivity index (χ1) is 10.7. The van der Waals surface area contributed by atoms with Crippen LogP contribution in [0.25, 0.3) is 11.2 Å². The smallest absolute Gasteiger partial charge is 0.179 e. The van der Waals surface area contributed by atoms with Crippen LogP contribution in [-0.2, 0) is 0 Å². The number of nitrogens with zero attached hydrogens (tertiary/aromatic N) is 4. The molecule has 0 bridgehead atoms. The standard InChI is InChI=1S/C16H22ClN5O/c1-15(2,23)10-16(18)5-7-22(8-6-16)13-9-19-14-11(20-13)3-4-12(17)21-14/h3-4,9,23H,5-8,10,18H2,1-2H3. The van der Waals surface area contributed by atoms with E-state index in [-0.39, 0.29) is 5.54 Å². The van der Waals surface area contributed by atoms with E-state index in [0.717, 1.165) is 37.3 Å². The van der Waals surface area contributed by atoms with Crippen molar-refractivity contribution in [3.05, 3.63) is 23.5 Å². The van der Waals surface area contributed by atoms with Gasteiger partial charge < -0.3 is 15.7 Å². The second-order valence-electron chi connectivity index (χ2n) is 7.04. The first-order valence-corrected chi connectivity index (χ1v) is 8.18. The molecule has 2 aromatic rings. The van der Waals surface area contributed by atoms with Crippen LogP contribution in [0.4, 0.5) is 5.82 Å². The van der Waals surface area contributed by atoms with Crippen LogP contribution in [0.5, 0.6) is 0 Å². The van der Waals surface area contributed by atoms with E-state index < -0.39 is 5.60 Å². The van der Waals surface area contributed by atoms with Gasteiger partial charge in [-0.1, -0.05) is 11.6 Å². The molecule has 3 heterocycles. The highest BCUT2D eigenvalue weighted by atomic mass is 35.5. The molecule has 124 valence electrons. The highest BCUT2D eigenvalue weighted by molar-refractivity contribution is 6.29. The van der Waals surface area contributed by atoms with Crippen LogP contribution in [-0.4, -0.2) is 44.3 Å². The Morgan fingerprint density at radius 1 is 1.30 bits per heavy atom. The largest absolute Gasteiger partial charge is 0.390 e. The number of piperidine rings is 1. The summed E-state index contributed by atoms with van der Waals surface area (Å²) in [6.45, 7) is 5.21. The van der Waals surface area contributed by atoms with Gasteiger partial charge >= 0.3 is 0 Å². The molecular weight excluding hydrogens is 314 g/mol. The van der Waals surface area contributed by atoms with Crippen LogP contribution < -0.4 is 10.6 Å². The molecule has 1 fully saturated rings. The van der Waals surface area contributed by atoms with Gasteiger partial charge in [0.2, 0.25) is 0 Å². The molecule has 0 amide bonds. The van der Waals surface area contributed by atoms with Crippen LogP contribution in [0, 0.1) is 0 Å². The van der Waals surface area contributed by atoms with Gasteiger partial charge in [-0.05, 0) is 45.2 Å². The van der Waals surface area contributed by atoms with Crippen LogP contribution in [0.1, 0.15) is 33.1 Å². The zero-order chi connectivity index (χ0) is 16.7. The van der Waals surface area contributed by atoms with Gasteiger partial charge in [-0.3, -0.25) is 0 Å². The van der Waals surface area contributed by atoms with Gasteiger partial charge in [0.15, 0.2) is 5.65 Å². The van der Waals surface area contributed by atoms with E-state index in [2.05, 4.69) is 19.9 Å². The van der Waals surface area contributed by atoms with Gasteiger partial charge in [0.05, 0.1) is 11.8 Å². The lowest BCUT2D eigenvalue weighted by Gasteiger charge is -2.42. The molecule has 0 aromatic carbocycles. The minimum atomic E-state index is -0.745. The van der Waals surface area contributed by atoms with Crippen molar-refractivity contribution in [3.8, 4) is 0 Å². The van der Waals surface area contributed by atoms with E-state index in [0.29, 0.717) is 17.2 Å². The Hall–Kier alpha value is -1.50. The van der Waals surface area contributed by atoms with E-state index in [1.54, 1.807) is 26.1 Å². The zero-order valence-electron chi connectivity index (χ0n) is 13.5. The number of rotatable bonds is 3. The Kier molecular flexibility index (Phi) is 4.16. The van der Waals surface area contributed by atoms with E-state index in [9.17, 15) is 5.11 Å². The predicted molar refractivity (Wildman–Crippen MR) is 91.6 cm³/mol. The van der Waals surface area contributed by atoms with E-state index >= 15 is 0 Å². The number of aromatic nitrogens is 3. The molecule has 2 aromatic heterocycles. The van der Waals surface area contributed by atoms with Gasteiger partial charge in [-0.25, -0.2) is 15.0 Å². The van der Waals surface area contributed by atoms with Crippen molar-refractivity contribution in [1.82, 2.24) is 15.0 Å². The quantitative estimate of drug-likeness (QED) is 0.835. The molecule has 0 unspecified atom stereocenters. The maximum absolute atomic E-state index is 10.0. The summed E-state index contributed by atoms with van der Waals surface area (Å²) in [7, 11) is 0. The highest BCUT2D eigenvalue weighted by Gasteiger charge is 2.35. The molecule has 1 aliphatic heterocycles. The summed E-state index contributed by atoms with van der Waals surface area (Å²) in [6, 6.07) is 3.54. The van der Waals surface area contributed by atoms with Crippen LogP contribution >= 0.6 is 11.6 Å². The average Bonchev–Trinajstić information content (AvgIpc) is 2.45. The molecule has 0 atom stereocenters. The molecule has 6 nitrogen and oxygen atoms in total. The van der Waals surface area contributed by atoms with E-state index in [1.807, 2.05) is 6.07 Å². The first-order valence-electron chi connectivity index (χ1n) is 7.80. The number of nitrogens with two attached hydrogens (primary N) is 1. The summed E-state index contributed by atoms with van der Waals surface area (Å²) in [5.74, 6) is 0.826. The number of hydrogen-bond donors (Lipinski definition) is 2. The second kappa shape index (κ2) is 5.85. The van der Waals surface area contributed by atoms with E-state index in [1.165, 1.54) is 0 Å². The summed E-state index contributed by atoms with van der Waals surface area (Å²) in [5, 5.41) is 10.4. The van der Waals surface area contributed by atoms with Crippen molar-refractivity contribution in [3.63, 3.8) is 0 Å². The molecule has 0 radical (unpaired) electrons. The van der Waals surface area contributed by atoms with Crippen molar-refractivity contribution >= 4 is 28.6 Å². The topological polar surface area (TPSA) is 88.2 Å². The third-order valence-corrected chi connectivity index (χ3v) is 4.44. The van der Waals surface area contributed by atoms with Crippen molar-refractivity contribution < 1.29 is 5.11 Å².